The van der Waals surface area contributed by atoms with Crippen LogP contribution in [0.15, 0.2) is 16.7 Å². The molecule has 0 bridgehead atoms. The average Bonchev–Trinajstić information content (AvgIpc) is 2.72. The summed E-state index contributed by atoms with van der Waals surface area (Å²) in [4.78, 5) is 2.50. The predicted molar refractivity (Wildman–Crippen MR) is 87.1 cm³/mol. The fraction of sp³-hybridized carbons (Fsp3) is 0.750. The topological polar surface area (TPSA) is 28.4 Å². The van der Waals surface area contributed by atoms with Crippen LogP contribution in [-0.4, -0.2) is 34.0 Å². The van der Waals surface area contributed by atoms with Crippen molar-refractivity contribution in [1.82, 2.24) is 10.2 Å². The smallest absolute Gasteiger partial charge is 0.118 e. The van der Waals surface area contributed by atoms with E-state index < -0.39 is 0 Å². The van der Waals surface area contributed by atoms with Crippen LogP contribution < -0.4 is 5.32 Å². The Balaban J connectivity index is 1.86. The predicted octanol–water partition coefficient (Wildman–Crippen LogP) is 3.50. The van der Waals surface area contributed by atoms with E-state index in [1.54, 1.807) is 0 Å². The van der Waals surface area contributed by atoms with Gasteiger partial charge in [0, 0.05) is 41.2 Å². The van der Waals surface area contributed by atoms with Gasteiger partial charge in [0.15, 0.2) is 0 Å². The summed E-state index contributed by atoms with van der Waals surface area (Å²) in [6.07, 6.45) is 1.89. The fourth-order valence-corrected chi connectivity index (χ4v) is 3.61. The highest BCUT2D eigenvalue weighted by molar-refractivity contribution is 8.00. The minimum Gasteiger partial charge on any atom is -0.468 e. The Bertz CT molecular complexity index is 434. The Hall–Kier alpha value is -0.450. The quantitative estimate of drug-likeness (QED) is 0.920. The number of nitrogens with one attached hydrogen (secondary N) is 1. The van der Waals surface area contributed by atoms with Crippen molar-refractivity contribution in [1.29, 1.82) is 0 Å². The van der Waals surface area contributed by atoms with E-state index in [4.69, 9.17) is 4.42 Å². The summed E-state index contributed by atoms with van der Waals surface area (Å²) in [6, 6.07) is 2.19. The van der Waals surface area contributed by atoms with Crippen molar-refractivity contribution >= 4 is 11.8 Å². The summed E-state index contributed by atoms with van der Waals surface area (Å²) < 4.78 is 6.07. The van der Waals surface area contributed by atoms with Crippen molar-refractivity contribution in [2.45, 2.75) is 58.0 Å². The van der Waals surface area contributed by atoms with Crippen molar-refractivity contribution in [2.75, 3.05) is 18.8 Å². The van der Waals surface area contributed by atoms with Crippen LogP contribution in [0.25, 0.3) is 0 Å². The fourth-order valence-electron chi connectivity index (χ4n) is 2.44. The van der Waals surface area contributed by atoms with E-state index in [1.807, 2.05) is 6.26 Å². The van der Waals surface area contributed by atoms with Crippen LogP contribution in [0.2, 0.25) is 0 Å². The third-order valence-electron chi connectivity index (χ3n) is 3.42. The SMILES string of the molecule is CC(C)(C)NCc1coc(CN2CCSC(C)(C)C2)c1. The van der Waals surface area contributed by atoms with Crippen LogP contribution >= 0.6 is 11.8 Å². The molecule has 2 rings (SSSR count). The van der Waals surface area contributed by atoms with E-state index in [-0.39, 0.29) is 5.54 Å². The summed E-state index contributed by atoms with van der Waals surface area (Å²) in [5.41, 5.74) is 1.38. The van der Waals surface area contributed by atoms with Gasteiger partial charge < -0.3 is 9.73 Å². The van der Waals surface area contributed by atoms with Gasteiger partial charge in [0.1, 0.15) is 5.76 Å². The molecule has 0 radical (unpaired) electrons. The van der Waals surface area contributed by atoms with E-state index in [2.05, 4.69) is 62.7 Å². The third-order valence-corrected chi connectivity index (χ3v) is 4.71. The molecule has 0 atom stereocenters. The molecule has 0 aromatic carbocycles. The summed E-state index contributed by atoms with van der Waals surface area (Å²) in [7, 11) is 0. The lowest BCUT2D eigenvalue weighted by molar-refractivity contribution is 0.233. The maximum atomic E-state index is 5.71. The van der Waals surface area contributed by atoms with E-state index in [1.165, 1.54) is 11.3 Å². The van der Waals surface area contributed by atoms with Crippen LogP contribution in [0.3, 0.4) is 0 Å². The lowest BCUT2D eigenvalue weighted by atomic mass is 10.1. The summed E-state index contributed by atoms with van der Waals surface area (Å²) >= 11 is 2.07. The molecule has 1 fully saturated rings. The maximum absolute atomic E-state index is 5.71. The molecule has 20 heavy (non-hydrogen) atoms. The van der Waals surface area contributed by atoms with Crippen molar-refractivity contribution in [2.24, 2.45) is 0 Å². The number of hydrogen-bond acceptors (Lipinski definition) is 4. The monoisotopic (exact) mass is 296 g/mol. The number of hydrogen-bond donors (Lipinski definition) is 1. The molecule has 1 aromatic heterocycles. The van der Waals surface area contributed by atoms with Gasteiger partial charge in [0.25, 0.3) is 0 Å². The zero-order valence-electron chi connectivity index (χ0n) is 13.5. The van der Waals surface area contributed by atoms with E-state index in [9.17, 15) is 0 Å². The zero-order valence-corrected chi connectivity index (χ0v) is 14.3. The second-order valence-corrected chi connectivity index (χ2v) is 9.15. The molecule has 3 nitrogen and oxygen atoms in total. The first kappa shape index (κ1) is 15.9. The Morgan fingerprint density at radius 1 is 1.40 bits per heavy atom. The van der Waals surface area contributed by atoms with Crippen molar-refractivity contribution < 1.29 is 4.42 Å². The molecular formula is C16H28N2OS. The highest BCUT2D eigenvalue weighted by Crippen LogP contribution is 2.30. The van der Waals surface area contributed by atoms with Crippen molar-refractivity contribution in [3.8, 4) is 0 Å². The molecule has 0 unspecified atom stereocenters. The van der Waals surface area contributed by atoms with Crippen LogP contribution in [0.4, 0.5) is 0 Å². The first-order valence-corrected chi connectivity index (χ1v) is 8.40. The highest BCUT2D eigenvalue weighted by atomic mass is 32.2. The third kappa shape index (κ3) is 5.15. The number of nitrogens with zero attached hydrogens (tertiary/aromatic N) is 1. The van der Waals surface area contributed by atoms with Gasteiger partial charge in [-0.15, -0.1) is 0 Å². The van der Waals surface area contributed by atoms with Crippen molar-refractivity contribution in [3.63, 3.8) is 0 Å². The van der Waals surface area contributed by atoms with Crippen molar-refractivity contribution in [3.05, 3.63) is 23.7 Å². The van der Waals surface area contributed by atoms with E-state index >= 15 is 0 Å². The van der Waals surface area contributed by atoms with Gasteiger partial charge >= 0.3 is 0 Å². The second-order valence-electron chi connectivity index (χ2n) is 7.34. The van der Waals surface area contributed by atoms with Gasteiger partial charge in [-0.05, 0) is 40.7 Å². The van der Waals surface area contributed by atoms with Gasteiger partial charge in [-0.2, -0.15) is 11.8 Å². The molecule has 1 aliphatic heterocycles. The number of furan rings is 1. The van der Waals surface area contributed by atoms with Gasteiger partial charge in [-0.1, -0.05) is 0 Å². The summed E-state index contributed by atoms with van der Waals surface area (Å²) in [5.74, 6) is 2.30. The minimum atomic E-state index is 0.144. The Morgan fingerprint density at radius 3 is 2.80 bits per heavy atom. The molecule has 0 amide bonds. The molecule has 0 spiro atoms. The number of thioether (sulfide) groups is 1. The Morgan fingerprint density at radius 2 is 2.15 bits per heavy atom. The van der Waals surface area contributed by atoms with Gasteiger partial charge in [-0.25, -0.2) is 0 Å². The normalized spacial score (nSPS) is 20.2. The number of rotatable bonds is 4. The molecule has 1 saturated heterocycles. The zero-order chi connectivity index (χ0) is 14.8. The lowest BCUT2D eigenvalue weighted by Crippen LogP contribution is -2.42. The first-order valence-electron chi connectivity index (χ1n) is 7.41. The molecule has 114 valence electrons. The highest BCUT2D eigenvalue weighted by Gasteiger charge is 2.27. The lowest BCUT2D eigenvalue weighted by Gasteiger charge is -2.37. The van der Waals surface area contributed by atoms with Gasteiger partial charge in [0.2, 0.25) is 0 Å². The molecule has 1 aromatic rings. The minimum absolute atomic E-state index is 0.144. The summed E-state index contributed by atoms with van der Waals surface area (Å²) in [5, 5.41) is 3.49. The molecule has 1 aliphatic rings. The maximum Gasteiger partial charge on any atom is 0.118 e. The van der Waals surface area contributed by atoms with E-state index in [0.717, 1.165) is 31.9 Å². The van der Waals surface area contributed by atoms with Crippen LogP contribution in [-0.2, 0) is 13.1 Å². The Kier molecular flexibility index (Phi) is 4.88. The first-order chi connectivity index (χ1) is 9.23. The van der Waals surface area contributed by atoms with Gasteiger partial charge in [0.05, 0.1) is 12.8 Å². The largest absolute Gasteiger partial charge is 0.468 e. The molecule has 0 saturated carbocycles. The Labute approximate surface area is 127 Å². The molecule has 0 aliphatic carbocycles. The van der Waals surface area contributed by atoms with Gasteiger partial charge in [-0.3, -0.25) is 4.90 Å². The molecule has 2 heterocycles. The second kappa shape index (κ2) is 6.12. The van der Waals surface area contributed by atoms with Crippen LogP contribution in [0.1, 0.15) is 45.9 Å². The average molecular weight is 296 g/mol. The molecule has 4 heteroatoms. The standard InChI is InChI=1S/C16H28N2OS/c1-15(2,3)17-9-13-8-14(19-11-13)10-18-6-7-20-16(4,5)12-18/h8,11,17H,6-7,9-10,12H2,1-5H3. The summed E-state index contributed by atoms with van der Waals surface area (Å²) in [6.45, 7) is 15.3. The molecular weight excluding hydrogens is 268 g/mol. The van der Waals surface area contributed by atoms with Crippen LogP contribution in [0, 0.1) is 0 Å². The van der Waals surface area contributed by atoms with E-state index in [0.29, 0.717) is 4.75 Å². The van der Waals surface area contributed by atoms with Crippen LogP contribution in [0.5, 0.6) is 0 Å². The molecule has 1 N–H and O–H groups in total.